The Kier molecular flexibility index (Phi) is 5.01. The summed E-state index contributed by atoms with van der Waals surface area (Å²) in [6.07, 6.45) is 8.33. The van der Waals surface area contributed by atoms with Crippen LogP contribution in [0, 0.1) is 13.8 Å². The molecule has 0 unspecified atom stereocenters. The van der Waals surface area contributed by atoms with Crippen LogP contribution >= 0.6 is 0 Å². The molecule has 3 aromatic rings. The average molecular weight is 379 g/mol. The Bertz CT molecular complexity index is 973. The molecule has 1 amide bonds. The van der Waals surface area contributed by atoms with Gasteiger partial charge >= 0.3 is 0 Å². The van der Waals surface area contributed by atoms with E-state index in [2.05, 4.69) is 19.9 Å². The number of hydrogen-bond acceptors (Lipinski definition) is 7. The zero-order valence-electron chi connectivity index (χ0n) is 15.8. The van der Waals surface area contributed by atoms with Gasteiger partial charge in [0.05, 0.1) is 11.9 Å². The number of carbonyl (C=O) groups excluding carboxylic acids is 1. The molecule has 0 aromatic carbocycles. The number of likely N-dealkylation sites (tertiary alicyclic amines) is 1. The van der Waals surface area contributed by atoms with Gasteiger partial charge in [-0.05, 0) is 31.9 Å². The van der Waals surface area contributed by atoms with Crippen molar-refractivity contribution < 1.29 is 13.9 Å². The van der Waals surface area contributed by atoms with Crippen LogP contribution in [0.15, 0.2) is 41.3 Å². The number of piperidine rings is 1. The van der Waals surface area contributed by atoms with Gasteiger partial charge in [-0.3, -0.25) is 14.8 Å². The molecule has 8 nitrogen and oxygen atoms in total. The Balaban J connectivity index is 1.55. The zero-order chi connectivity index (χ0) is 19.5. The fourth-order valence-corrected chi connectivity index (χ4v) is 3.47. The lowest BCUT2D eigenvalue weighted by Gasteiger charge is -2.32. The fourth-order valence-electron chi connectivity index (χ4n) is 3.47. The van der Waals surface area contributed by atoms with Gasteiger partial charge in [0.25, 0.3) is 5.91 Å². The van der Waals surface area contributed by atoms with Crippen LogP contribution in [0.4, 0.5) is 0 Å². The molecule has 0 saturated carbocycles. The molecule has 0 radical (unpaired) electrons. The number of aryl methyl sites for hydroxylation is 2. The molecule has 1 aliphatic heterocycles. The number of oxazole rings is 1. The summed E-state index contributed by atoms with van der Waals surface area (Å²) in [5, 5.41) is 0. The number of nitrogens with zero attached hydrogens (tertiary/aromatic N) is 5. The van der Waals surface area contributed by atoms with Crippen LogP contribution in [-0.4, -0.2) is 43.8 Å². The van der Waals surface area contributed by atoms with Gasteiger partial charge in [0.15, 0.2) is 5.89 Å². The smallest absolute Gasteiger partial charge is 0.291 e. The van der Waals surface area contributed by atoms with E-state index in [0.717, 1.165) is 18.5 Å². The Labute approximate surface area is 162 Å². The van der Waals surface area contributed by atoms with Crippen molar-refractivity contribution in [1.82, 2.24) is 24.8 Å². The molecule has 1 saturated heterocycles. The number of hydrogen-bond donors (Lipinski definition) is 0. The van der Waals surface area contributed by atoms with Crippen LogP contribution in [-0.2, 0) is 0 Å². The van der Waals surface area contributed by atoms with Crippen molar-refractivity contribution in [3.63, 3.8) is 0 Å². The molecule has 144 valence electrons. The highest BCUT2D eigenvalue weighted by Gasteiger charge is 2.31. The summed E-state index contributed by atoms with van der Waals surface area (Å²) in [7, 11) is 0. The summed E-state index contributed by atoms with van der Waals surface area (Å²) >= 11 is 0. The molecule has 3 aromatic heterocycles. The van der Waals surface area contributed by atoms with E-state index < -0.39 is 0 Å². The molecule has 28 heavy (non-hydrogen) atoms. The number of amides is 1. The van der Waals surface area contributed by atoms with Gasteiger partial charge in [-0.1, -0.05) is 0 Å². The molecular formula is C20H21N5O3. The van der Waals surface area contributed by atoms with E-state index in [-0.39, 0.29) is 11.8 Å². The Morgan fingerprint density at radius 3 is 2.86 bits per heavy atom. The lowest BCUT2D eigenvalue weighted by atomic mass is 9.94. The van der Waals surface area contributed by atoms with E-state index in [1.54, 1.807) is 49.6 Å². The van der Waals surface area contributed by atoms with Crippen molar-refractivity contribution in [3.8, 4) is 11.6 Å². The Hall–Kier alpha value is -3.29. The monoisotopic (exact) mass is 379 g/mol. The molecule has 0 aliphatic carbocycles. The summed E-state index contributed by atoms with van der Waals surface area (Å²) in [6, 6.07) is 3.62. The van der Waals surface area contributed by atoms with Gasteiger partial charge in [0.2, 0.25) is 11.6 Å². The topological polar surface area (TPSA) is 94.2 Å². The Morgan fingerprint density at radius 1 is 1.25 bits per heavy atom. The summed E-state index contributed by atoms with van der Waals surface area (Å²) in [6.45, 7) is 4.73. The number of aromatic nitrogens is 4. The highest BCUT2D eigenvalue weighted by molar-refractivity contribution is 5.92. The molecule has 4 heterocycles. The van der Waals surface area contributed by atoms with E-state index in [1.807, 2.05) is 6.07 Å². The first-order valence-corrected chi connectivity index (χ1v) is 9.24. The maximum absolute atomic E-state index is 12.9. The predicted octanol–water partition coefficient (Wildman–Crippen LogP) is 3.29. The van der Waals surface area contributed by atoms with Crippen LogP contribution in [0.2, 0.25) is 0 Å². The second kappa shape index (κ2) is 7.75. The zero-order valence-corrected chi connectivity index (χ0v) is 15.8. The van der Waals surface area contributed by atoms with E-state index >= 15 is 0 Å². The second-order valence-electron chi connectivity index (χ2n) is 6.78. The first-order chi connectivity index (χ1) is 13.6. The van der Waals surface area contributed by atoms with Crippen LogP contribution in [0.25, 0.3) is 0 Å². The minimum atomic E-state index is -0.138. The third-order valence-corrected chi connectivity index (χ3v) is 4.73. The van der Waals surface area contributed by atoms with Gasteiger partial charge < -0.3 is 14.1 Å². The number of carbonyl (C=O) groups is 1. The van der Waals surface area contributed by atoms with E-state index in [0.29, 0.717) is 42.1 Å². The van der Waals surface area contributed by atoms with Crippen LogP contribution in [0.5, 0.6) is 11.6 Å². The third-order valence-electron chi connectivity index (χ3n) is 4.73. The van der Waals surface area contributed by atoms with E-state index in [1.165, 1.54) is 0 Å². The minimum absolute atomic E-state index is 0.0300. The largest absolute Gasteiger partial charge is 0.436 e. The van der Waals surface area contributed by atoms with Crippen molar-refractivity contribution in [2.45, 2.75) is 32.6 Å². The van der Waals surface area contributed by atoms with Gasteiger partial charge in [-0.15, -0.1) is 0 Å². The number of ether oxygens (including phenoxy) is 1. The predicted molar refractivity (Wildman–Crippen MR) is 100 cm³/mol. The molecule has 1 atom stereocenters. The van der Waals surface area contributed by atoms with Crippen molar-refractivity contribution in [3.05, 3.63) is 60.0 Å². The standard InChI is InChI=1S/C20H21N5O3/c1-13-18(27-14(2)24-13)20(26)25-10-4-5-15(12-25)17-19(23-9-8-22-17)28-16-6-3-7-21-11-16/h3,6-9,11,15H,4-5,10,12H2,1-2H3/t15-/m0/s1. The summed E-state index contributed by atoms with van der Waals surface area (Å²) in [4.78, 5) is 31.8. The first-order valence-electron chi connectivity index (χ1n) is 9.24. The van der Waals surface area contributed by atoms with Gasteiger partial charge in [0, 0.05) is 44.5 Å². The van der Waals surface area contributed by atoms with Crippen molar-refractivity contribution >= 4 is 5.91 Å². The molecular weight excluding hydrogens is 358 g/mol. The third kappa shape index (κ3) is 3.71. The maximum Gasteiger partial charge on any atom is 0.291 e. The SMILES string of the molecule is Cc1nc(C)c(C(=O)N2CCC[C@H](c3nccnc3Oc3cccnc3)C2)o1. The lowest BCUT2D eigenvalue weighted by Crippen LogP contribution is -2.39. The lowest BCUT2D eigenvalue weighted by molar-refractivity contribution is 0.0670. The second-order valence-corrected chi connectivity index (χ2v) is 6.78. The van der Waals surface area contributed by atoms with Gasteiger partial charge in [-0.2, -0.15) is 0 Å². The molecule has 4 rings (SSSR count). The summed E-state index contributed by atoms with van der Waals surface area (Å²) in [5.74, 6) is 1.74. The fraction of sp³-hybridized carbons (Fsp3) is 0.350. The first kappa shape index (κ1) is 18.1. The number of pyridine rings is 1. The highest BCUT2D eigenvalue weighted by atomic mass is 16.5. The van der Waals surface area contributed by atoms with Gasteiger partial charge in [0.1, 0.15) is 11.4 Å². The highest BCUT2D eigenvalue weighted by Crippen LogP contribution is 2.33. The Morgan fingerprint density at radius 2 is 2.11 bits per heavy atom. The van der Waals surface area contributed by atoms with Crippen molar-refractivity contribution in [2.75, 3.05) is 13.1 Å². The molecule has 0 spiro atoms. The molecule has 1 fully saturated rings. The van der Waals surface area contributed by atoms with Crippen LogP contribution < -0.4 is 4.74 Å². The summed E-state index contributed by atoms with van der Waals surface area (Å²) < 4.78 is 11.4. The van der Waals surface area contributed by atoms with Gasteiger partial charge in [-0.25, -0.2) is 9.97 Å². The average Bonchev–Trinajstić information content (AvgIpc) is 3.07. The van der Waals surface area contributed by atoms with Crippen molar-refractivity contribution in [1.29, 1.82) is 0 Å². The number of rotatable bonds is 4. The van der Waals surface area contributed by atoms with Crippen molar-refractivity contribution in [2.24, 2.45) is 0 Å². The van der Waals surface area contributed by atoms with E-state index in [9.17, 15) is 4.79 Å². The van der Waals surface area contributed by atoms with Crippen LogP contribution in [0.3, 0.4) is 0 Å². The molecule has 8 heteroatoms. The van der Waals surface area contributed by atoms with Crippen LogP contribution in [0.1, 0.15) is 46.6 Å². The molecule has 1 aliphatic rings. The molecule has 0 N–H and O–H groups in total. The summed E-state index contributed by atoms with van der Waals surface area (Å²) in [5.41, 5.74) is 1.36. The minimum Gasteiger partial charge on any atom is -0.436 e. The quantitative estimate of drug-likeness (QED) is 0.686. The normalized spacial score (nSPS) is 16.8. The van der Waals surface area contributed by atoms with E-state index in [4.69, 9.17) is 9.15 Å². The molecule has 0 bridgehead atoms. The maximum atomic E-state index is 12.9.